The van der Waals surface area contributed by atoms with Crippen LogP contribution in [0.5, 0.6) is 17.2 Å². The fraction of sp³-hybridized carbons (Fsp3) is 0. The molecule has 1 amide bonds. The predicted octanol–water partition coefficient (Wildman–Crippen LogP) is 1.83. The number of primary amides is 1. The van der Waals surface area contributed by atoms with E-state index < -0.39 is 5.91 Å². The van der Waals surface area contributed by atoms with Crippen molar-refractivity contribution in [3.63, 3.8) is 0 Å². The Morgan fingerprint density at radius 3 is 1.95 bits per heavy atom. The van der Waals surface area contributed by atoms with Gasteiger partial charge in [-0.05, 0) is 41.5 Å². The summed E-state index contributed by atoms with van der Waals surface area (Å²) in [6.45, 7) is 0. The zero-order valence-electron chi connectivity index (χ0n) is 10.4. The summed E-state index contributed by atoms with van der Waals surface area (Å²) in [5.41, 5.74) is 6.50. The first-order chi connectivity index (χ1) is 9.45. The molecule has 5 heteroatoms. The van der Waals surface area contributed by atoms with Gasteiger partial charge in [0.15, 0.2) is 0 Å². The summed E-state index contributed by atoms with van der Waals surface area (Å²) >= 11 is 0. The molecular formula is C15H13NO4. The van der Waals surface area contributed by atoms with Crippen molar-refractivity contribution >= 4 is 17.6 Å². The first kappa shape index (κ1) is 13.5. The average molecular weight is 271 g/mol. The van der Waals surface area contributed by atoms with Crippen LogP contribution in [0.3, 0.4) is 0 Å². The summed E-state index contributed by atoms with van der Waals surface area (Å²) < 4.78 is 0. The van der Waals surface area contributed by atoms with Gasteiger partial charge in [0.05, 0.1) is 0 Å². The smallest absolute Gasteiger partial charge is 0.249 e. The van der Waals surface area contributed by atoms with Crippen molar-refractivity contribution in [1.29, 1.82) is 0 Å². The van der Waals surface area contributed by atoms with Gasteiger partial charge < -0.3 is 21.1 Å². The van der Waals surface area contributed by atoms with E-state index in [1.54, 1.807) is 12.1 Å². The maximum atomic E-state index is 11.5. The second-order valence-electron chi connectivity index (χ2n) is 4.25. The van der Waals surface area contributed by atoms with Crippen LogP contribution >= 0.6 is 0 Å². The van der Waals surface area contributed by atoms with Crippen molar-refractivity contribution in [2.75, 3.05) is 0 Å². The molecule has 0 bridgehead atoms. The molecule has 0 atom stereocenters. The van der Waals surface area contributed by atoms with E-state index in [4.69, 9.17) is 5.73 Å². The van der Waals surface area contributed by atoms with Crippen molar-refractivity contribution in [2.45, 2.75) is 0 Å². The van der Waals surface area contributed by atoms with Gasteiger partial charge in [-0.2, -0.15) is 0 Å². The van der Waals surface area contributed by atoms with Crippen LogP contribution in [0.1, 0.15) is 11.1 Å². The highest BCUT2D eigenvalue weighted by Gasteiger charge is 2.09. The second-order valence-corrected chi connectivity index (χ2v) is 4.25. The number of amides is 1. The summed E-state index contributed by atoms with van der Waals surface area (Å²) in [7, 11) is 0. The minimum absolute atomic E-state index is 0.0765. The van der Waals surface area contributed by atoms with E-state index in [1.165, 1.54) is 36.4 Å². The van der Waals surface area contributed by atoms with E-state index in [1.807, 2.05) is 0 Å². The Hall–Kier alpha value is -2.95. The van der Waals surface area contributed by atoms with Gasteiger partial charge in [-0.25, -0.2) is 0 Å². The lowest BCUT2D eigenvalue weighted by molar-refractivity contribution is -0.112. The second kappa shape index (κ2) is 5.36. The van der Waals surface area contributed by atoms with Gasteiger partial charge in [0.2, 0.25) is 5.91 Å². The Morgan fingerprint density at radius 1 is 0.900 bits per heavy atom. The fourth-order valence-electron chi connectivity index (χ4n) is 1.81. The Bertz CT molecular complexity index is 655. The molecule has 0 aliphatic heterocycles. The van der Waals surface area contributed by atoms with Gasteiger partial charge in [-0.3, -0.25) is 4.79 Å². The molecule has 2 aromatic rings. The molecule has 0 heterocycles. The highest BCUT2D eigenvalue weighted by atomic mass is 16.3. The molecular weight excluding hydrogens is 258 g/mol. The Balaban J connectivity index is 2.50. The number of hydrogen-bond donors (Lipinski definition) is 4. The van der Waals surface area contributed by atoms with Gasteiger partial charge in [0.25, 0.3) is 0 Å². The number of aromatic hydroxyl groups is 3. The third-order valence-corrected chi connectivity index (χ3v) is 2.68. The molecule has 5 nitrogen and oxygen atoms in total. The molecule has 0 unspecified atom stereocenters. The van der Waals surface area contributed by atoms with Crippen LogP contribution in [-0.2, 0) is 4.79 Å². The number of phenolic OH excluding ortho intramolecular Hbond substituents is 3. The van der Waals surface area contributed by atoms with E-state index >= 15 is 0 Å². The number of carbonyl (C=O) groups excluding carboxylic acids is 1. The molecule has 0 aliphatic rings. The first-order valence-electron chi connectivity index (χ1n) is 5.79. The molecule has 102 valence electrons. The monoisotopic (exact) mass is 271 g/mol. The van der Waals surface area contributed by atoms with E-state index in [-0.39, 0.29) is 22.8 Å². The largest absolute Gasteiger partial charge is 0.508 e. The molecule has 0 fully saturated rings. The lowest BCUT2D eigenvalue weighted by Gasteiger charge is -2.05. The van der Waals surface area contributed by atoms with Crippen LogP contribution in [0.2, 0.25) is 0 Å². The highest BCUT2D eigenvalue weighted by Crippen LogP contribution is 2.25. The van der Waals surface area contributed by atoms with E-state index in [0.29, 0.717) is 11.1 Å². The molecule has 20 heavy (non-hydrogen) atoms. The van der Waals surface area contributed by atoms with Crippen molar-refractivity contribution in [2.24, 2.45) is 5.73 Å². The predicted molar refractivity (Wildman–Crippen MR) is 74.9 cm³/mol. The SMILES string of the molecule is NC(=O)/C(=C\c1cc(O)cc(O)c1)c1ccc(O)cc1. The number of nitrogens with two attached hydrogens (primary N) is 1. The summed E-state index contributed by atoms with van der Waals surface area (Å²) in [4.78, 5) is 11.5. The Kier molecular flexibility index (Phi) is 3.61. The van der Waals surface area contributed by atoms with Crippen LogP contribution < -0.4 is 5.73 Å². The summed E-state index contributed by atoms with van der Waals surface area (Å²) in [5, 5.41) is 28.1. The van der Waals surface area contributed by atoms with E-state index in [9.17, 15) is 20.1 Å². The van der Waals surface area contributed by atoms with Crippen molar-refractivity contribution in [3.8, 4) is 17.2 Å². The first-order valence-corrected chi connectivity index (χ1v) is 5.79. The number of carbonyl (C=O) groups is 1. The lowest BCUT2D eigenvalue weighted by Crippen LogP contribution is -2.12. The minimum atomic E-state index is -0.654. The molecule has 0 saturated heterocycles. The van der Waals surface area contributed by atoms with Gasteiger partial charge in [-0.15, -0.1) is 0 Å². The molecule has 5 N–H and O–H groups in total. The van der Waals surface area contributed by atoms with Gasteiger partial charge in [-0.1, -0.05) is 12.1 Å². The quantitative estimate of drug-likeness (QED) is 0.505. The molecule has 0 aromatic heterocycles. The molecule has 0 radical (unpaired) electrons. The van der Waals surface area contributed by atoms with Crippen molar-refractivity contribution < 1.29 is 20.1 Å². The maximum Gasteiger partial charge on any atom is 0.249 e. The van der Waals surface area contributed by atoms with Crippen LogP contribution in [-0.4, -0.2) is 21.2 Å². The summed E-state index contributed by atoms with van der Waals surface area (Å²) in [6.07, 6.45) is 1.45. The van der Waals surface area contributed by atoms with E-state index in [0.717, 1.165) is 0 Å². The Morgan fingerprint density at radius 2 is 1.45 bits per heavy atom. The summed E-state index contributed by atoms with van der Waals surface area (Å²) in [5.74, 6) is -0.817. The molecule has 0 aliphatic carbocycles. The lowest BCUT2D eigenvalue weighted by atomic mass is 10.0. The van der Waals surface area contributed by atoms with Crippen molar-refractivity contribution in [1.82, 2.24) is 0 Å². The van der Waals surface area contributed by atoms with Gasteiger partial charge in [0, 0.05) is 11.6 Å². The molecule has 0 saturated carbocycles. The third kappa shape index (κ3) is 3.08. The standard InChI is InChI=1S/C15H13NO4/c16-15(20)14(10-1-3-11(17)4-2-10)7-9-5-12(18)8-13(19)6-9/h1-8,17-19H,(H2,16,20)/b14-7-. The number of benzene rings is 2. The average Bonchev–Trinajstić information content (AvgIpc) is 2.36. The molecule has 0 spiro atoms. The third-order valence-electron chi connectivity index (χ3n) is 2.68. The van der Waals surface area contributed by atoms with E-state index in [2.05, 4.69) is 0 Å². The number of rotatable bonds is 3. The van der Waals surface area contributed by atoms with Crippen LogP contribution in [0, 0.1) is 0 Å². The Labute approximate surface area is 115 Å². The maximum absolute atomic E-state index is 11.5. The zero-order valence-corrected chi connectivity index (χ0v) is 10.4. The van der Waals surface area contributed by atoms with Crippen LogP contribution in [0.4, 0.5) is 0 Å². The molecule has 2 rings (SSSR count). The number of hydrogen-bond acceptors (Lipinski definition) is 4. The fourth-order valence-corrected chi connectivity index (χ4v) is 1.81. The van der Waals surface area contributed by atoms with Gasteiger partial charge in [0.1, 0.15) is 17.2 Å². The number of phenols is 3. The zero-order chi connectivity index (χ0) is 14.7. The van der Waals surface area contributed by atoms with Gasteiger partial charge >= 0.3 is 0 Å². The topological polar surface area (TPSA) is 104 Å². The van der Waals surface area contributed by atoms with Crippen LogP contribution in [0.15, 0.2) is 42.5 Å². The van der Waals surface area contributed by atoms with Crippen LogP contribution in [0.25, 0.3) is 11.6 Å². The summed E-state index contributed by atoms with van der Waals surface area (Å²) in [6, 6.07) is 9.94. The minimum Gasteiger partial charge on any atom is -0.508 e. The molecule has 2 aromatic carbocycles. The highest BCUT2D eigenvalue weighted by molar-refractivity contribution is 6.23. The normalized spacial score (nSPS) is 11.3. The van der Waals surface area contributed by atoms with Crippen molar-refractivity contribution in [3.05, 3.63) is 53.6 Å².